The quantitative estimate of drug-likeness (QED) is 0.803. The van der Waals surface area contributed by atoms with Crippen LogP contribution in [-0.4, -0.2) is 11.6 Å². The van der Waals surface area contributed by atoms with Crippen LogP contribution in [0.15, 0.2) is 77.0 Å². The molecule has 4 rings (SSSR count). The molecular weight excluding hydrogens is 376 g/mol. The molecule has 7 heteroatoms. The molecule has 2 aromatic carbocycles. The van der Waals surface area contributed by atoms with Crippen molar-refractivity contribution in [3.05, 3.63) is 77.5 Å². The van der Waals surface area contributed by atoms with Gasteiger partial charge in [0, 0.05) is 5.92 Å². The van der Waals surface area contributed by atoms with Crippen molar-refractivity contribution in [2.45, 2.75) is 12.8 Å². The maximum Gasteiger partial charge on any atom is 0.262 e. The third-order valence-electron chi connectivity index (χ3n) is 5.98. The van der Waals surface area contributed by atoms with Crippen LogP contribution in [0.4, 0.5) is 5.69 Å². The molecule has 30 heavy (non-hydrogen) atoms. The molecule has 0 radical (unpaired) electrons. The van der Waals surface area contributed by atoms with E-state index in [0.717, 1.165) is 5.56 Å². The van der Waals surface area contributed by atoms with Gasteiger partial charge in [-0.25, -0.2) is 0 Å². The first-order valence-corrected chi connectivity index (χ1v) is 9.22. The first kappa shape index (κ1) is 18.9. The van der Waals surface area contributed by atoms with Crippen molar-refractivity contribution in [3.63, 3.8) is 0 Å². The van der Waals surface area contributed by atoms with E-state index >= 15 is 0 Å². The predicted octanol–water partition coefficient (Wildman–Crippen LogP) is 2.96. The van der Waals surface area contributed by atoms with Gasteiger partial charge in [0.2, 0.25) is 0 Å². The van der Waals surface area contributed by atoms with E-state index in [1.165, 1.54) is 5.01 Å². The third-order valence-corrected chi connectivity index (χ3v) is 5.98. The van der Waals surface area contributed by atoms with E-state index in [4.69, 9.17) is 5.73 Å². The average Bonchev–Trinajstić information content (AvgIpc) is 3.35. The van der Waals surface area contributed by atoms with Crippen LogP contribution in [0.1, 0.15) is 18.4 Å². The SMILES string of the molecule is CC1=NN(c2ccccc2)C(=O)[C@]12[C@H](c1ccccc1)[C@@]2(C#N)C(N)=C(C#N)C#N. The van der Waals surface area contributed by atoms with E-state index in [-0.39, 0.29) is 11.3 Å². The van der Waals surface area contributed by atoms with Gasteiger partial charge in [0.1, 0.15) is 28.5 Å². The highest BCUT2D eigenvalue weighted by molar-refractivity contribution is 6.24. The molecule has 1 aliphatic heterocycles. The number of rotatable bonds is 3. The number of nitriles is 3. The fourth-order valence-electron chi connectivity index (χ4n) is 4.67. The van der Waals surface area contributed by atoms with Crippen molar-refractivity contribution in [2.24, 2.45) is 21.7 Å². The molecule has 1 amide bonds. The molecule has 1 aliphatic carbocycles. The van der Waals surface area contributed by atoms with E-state index in [2.05, 4.69) is 11.2 Å². The summed E-state index contributed by atoms with van der Waals surface area (Å²) in [6, 6.07) is 23.7. The molecule has 0 aromatic heterocycles. The summed E-state index contributed by atoms with van der Waals surface area (Å²) in [7, 11) is 0. The lowest BCUT2D eigenvalue weighted by Crippen LogP contribution is -2.35. The Morgan fingerprint density at radius 1 is 1.03 bits per heavy atom. The summed E-state index contributed by atoms with van der Waals surface area (Å²) in [6.07, 6.45) is 0. The van der Waals surface area contributed by atoms with Gasteiger partial charge in [0.05, 0.1) is 23.2 Å². The summed E-state index contributed by atoms with van der Waals surface area (Å²) < 4.78 is 0. The van der Waals surface area contributed by atoms with Crippen LogP contribution < -0.4 is 10.7 Å². The Hall–Kier alpha value is -4.41. The number of carbonyl (C=O) groups excluding carboxylic acids is 1. The fourth-order valence-corrected chi connectivity index (χ4v) is 4.67. The van der Waals surface area contributed by atoms with Crippen LogP contribution in [-0.2, 0) is 4.79 Å². The highest BCUT2D eigenvalue weighted by atomic mass is 16.2. The Kier molecular flexibility index (Phi) is 4.15. The Morgan fingerprint density at radius 2 is 1.60 bits per heavy atom. The predicted molar refractivity (Wildman–Crippen MR) is 109 cm³/mol. The molecular formula is C23H16N6O. The van der Waals surface area contributed by atoms with Crippen molar-refractivity contribution in [3.8, 4) is 18.2 Å². The summed E-state index contributed by atoms with van der Waals surface area (Å²) in [4.78, 5) is 13.8. The highest BCUT2D eigenvalue weighted by Gasteiger charge is 2.87. The van der Waals surface area contributed by atoms with Crippen molar-refractivity contribution in [1.29, 1.82) is 15.8 Å². The van der Waals surface area contributed by atoms with Gasteiger partial charge in [-0.15, -0.1) is 0 Å². The number of hydrogen-bond donors (Lipinski definition) is 1. The minimum absolute atomic E-state index is 0.193. The summed E-state index contributed by atoms with van der Waals surface area (Å²) in [5.41, 5.74) is 4.44. The molecule has 2 aliphatic rings. The van der Waals surface area contributed by atoms with Crippen molar-refractivity contribution >= 4 is 17.3 Å². The normalized spacial score (nSPS) is 26.3. The second-order valence-corrected chi connectivity index (χ2v) is 7.22. The molecule has 0 bridgehead atoms. The van der Waals surface area contributed by atoms with Crippen LogP contribution in [0.3, 0.4) is 0 Å². The van der Waals surface area contributed by atoms with Crippen LogP contribution >= 0.6 is 0 Å². The second kappa shape index (κ2) is 6.58. The van der Waals surface area contributed by atoms with Gasteiger partial charge in [-0.3, -0.25) is 4.79 Å². The van der Waals surface area contributed by atoms with E-state index < -0.39 is 22.7 Å². The molecule has 1 spiro atoms. The fraction of sp³-hybridized carbons (Fsp3) is 0.174. The van der Waals surface area contributed by atoms with Crippen LogP contribution in [0.5, 0.6) is 0 Å². The number of anilines is 1. The molecule has 1 fully saturated rings. The minimum Gasteiger partial charge on any atom is -0.399 e. The van der Waals surface area contributed by atoms with Crippen molar-refractivity contribution in [2.75, 3.05) is 5.01 Å². The number of benzene rings is 2. The largest absolute Gasteiger partial charge is 0.399 e. The maximum absolute atomic E-state index is 13.8. The smallest absolute Gasteiger partial charge is 0.262 e. The molecule has 144 valence electrons. The minimum atomic E-state index is -1.58. The van der Waals surface area contributed by atoms with E-state index in [9.17, 15) is 20.6 Å². The summed E-state index contributed by atoms with van der Waals surface area (Å²) in [5, 5.41) is 34.8. The van der Waals surface area contributed by atoms with Gasteiger partial charge in [-0.05, 0) is 24.6 Å². The Balaban J connectivity index is 1.98. The molecule has 0 unspecified atom stereocenters. The first-order chi connectivity index (χ1) is 14.5. The number of carbonyl (C=O) groups is 1. The topological polar surface area (TPSA) is 130 Å². The van der Waals surface area contributed by atoms with Crippen molar-refractivity contribution in [1.82, 2.24) is 0 Å². The number of allylic oxidation sites excluding steroid dienone is 2. The molecule has 2 N–H and O–H groups in total. The Labute approximate surface area is 173 Å². The molecule has 2 aromatic rings. The first-order valence-electron chi connectivity index (χ1n) is 9.22. The summed E-state index contributed by atoms with van der Waals surface area (Å²) in [5.74, 6) is -1.07. The number of nitrogens with zero attached hydrogens (tertiary/aromatic N) is 5. The molecule has 3 atom stereocenters. The number of hydrogen-bond acceptors (Lipinski definition) is 6. The lowest BCUT2D eigenvalue weighted by Gasteiger charge is -2.17. The van der Waals surface area contributed by atoms with Crippen molar-refractivity contribution < 1.29 is 4.79 Å². The zero-order valence-electron chi connectivity index (χ0n) is 16.1. The third kappa shape index (κ3) is 2.11. The zero-order valence-corrected chi connectivity index (χ0v) is 16.1. The van der Waals surface area contributed by atoms with E-state index in [1.54, 1.807) is 55.5 Å². The monoisotopic (exact) mass is 392 g/mol. The number of amides is 1. The maximum atomic E-state index is 13.8. The van der Waals surface area contributed by atoms with Gasteiger partial charge < -0.3 is 5.73 Å². The van der Waals surface area contributed by atoms with Crippen LogP contribution in [0.2, 0.25) is 0 Å². The van der Waals surface area contributed by atoms with E-state index in [1.807, 2.05) is 24.3 Å². The van der Waals surface area contributed by atoms with E-state index in [0.29, 0.717) is 11.4 Å². The summed E-state index contributed by atoms with van der Waals surface area (Å²) >= 11 is 0. The lowest BCUT2D eigenvalue weighted by atomic mass is 9.85. The lowest BCUT2D eigenvalue weighted by molar-refractivity contribution is -0.121. The molecule has 1 heterocycles. The standard InChI is InChI=1S/C23H16N6O/c1-15-23(21(30)29(28-15)18-10-6-3-7-11-18)19(16-8-4-2-5-9-16)22(23,14-26)20(27)17(12-24)13-25/h2-11,19H,27H2,1H3/t19-,22+,23-/m1/s1. The number of hydrazone groups is 1. The second-order valence-electron chi connectivity index (χ2n) is 7.22. The van der Waals surface area contributed by atoms with Gasteiger partial charge in [-0.1, -0.05) is 48.5 Å². The highest BCUT2D eigenvalue weighted by Crippen LogP contribution is 2.79. The summed E-state index contributed by atoms with van der Waals surface area (Å²) in [6.45, 7) is 1.68. The molecule has 7 nitrogen and oxygen atoms in total. The van der Waals surface area contributed by atoms with Crippen LogP contribution in [0, 0.1) is 44.8 Å². The molecule has 0 saturated heterocycles. The van der Waals surface area contributed by atoms with Crippen LogP contribution in [0.25, 0.3) is 0 Å². The average molecular weight is 392 g/mol. The van der Waals surface area contributed by atoms with Gasteiger partial charge in [-0.2, -0.15) is 25.9 Å². The Morgan fingerprint density at radius 3 is 2.13 bits per heavy atom. The van der Waals surface area contributed by atoms with Gasteiger partial charge in [0.15, 0.2) is 0 Å². The molecule has 1 saturated carbocycles. The number of nitrogens with two attached hydrogens (primary N) is 1. The van der Waals surface area contributed by atoms with Gasteiger partial charge in [0.25, 0.3) is 5.91 Å². The zero-order chi connectivity index (χ0) is 21.5. The Bertz CT molecular complexity index is 1210. The number of para-hydroxylation sites is 1. The van der Waals surface area contributed by atoms with Gasteiger partial charge >= 0.3 is 0 Å².